The van der Waals surface area contributed by atoms with E-state index in [2.05, 4.69) is 4.98 Å². The van der Waals surface area contributed by atoms with E-state index in [0.29, 0.717) is 17.1 Å². The van der Waals surface area contributed by atoms with Crippen molar-refractivity contribution in [2.24, 2.45) is 0 Å². The summed E-state index contributed by atoms with van der Waals surface area (Å²) in [5.41, 5.74) is 2.10. The molecule has 112 valence electrons. The van der Waals surface area contributed by atoms with Crippen molar-refractivity contribution >= 4 is 16.8 Å². The van der Waals surface area contributed by atoms with Crippen molar-refractivity contribution in [2.75, 3.05) is 14.1 Å². The Kier molecular flexibility index (Phi) is 3.70. The van der Waals surface area contributed by atoms with Crippen LogP contribution in [0.4, 0.5) is 4.39 Å². The van der Waals surface area contributed by atoms with E-state index in [-0.39, 0.29) is 11.7 Å². The smallest absolute Gasteiger partial charge is 0.269 e. The van der Waals surface area contributed by atoms with E-state index in [0.717, 1.165) is 18.2 Å². The first-order valence-corrected chi connectivity index (χ1v) is 7.60. The number of aromatic nitrogens is 1. The van der Waals surface area contributed by atoms with Crippen molar-refractivity contribution in [1.82, 2.24) is 9.88 Å². The molecule has 0 radical (unpaired) electrons. The monoisotopic (exact) mass is 288 g/mol. The van der Waals surface area contributed by atoms with Gasteiger partial charge in [-0.25, -0.2) is 4.39 Å². The first-order chi connectivity index (χ1) is 10.1. The summed E-state index contributed by atoms with van der Waals surface area (Å²) in [5, 5.41) is 0.868. The number of nitrogens with zero attached hydrogens (tertiary/aromatic N) is 1. The number of carbonyl (C=O) groups is 1. The van der Waals surface area contributed by atoms with Gasteiger partial charge in [0.25, 0.3) is 5.91 Å². The van der Waals surface area contributed by atoms with Gasteiger partial charge in [0.05, 0.1) is 5.52 Å². The number of fused-ring (bicyclic) bond motifs is 1. The molecule has 3 nitrogen and oxygen atoms in total. The van der Waals surface area contributed by atoms with Gasteiger partial charge in [0, 0.05) is 19.5 Å². The second-order valence-electron chi connectivity index (χ2n) is 6.14. The Labute approximate surface area is 124 Å². The van der Waals surface area contributed by atoms with Crippen LogP contribution in [0.3, 0.4) is 0 Å². The van der Waals surface area contributed by atoms with Gasteiger partial charge in [-0.05, 0) is 36.5 Å². The largest absolute Gasteiger partial charge is 0.348 e. The Balaban J connectivity index is 2.09. The van der Waals surface area contributed by atoms with Crippen LogP contribution in [0.15, 0.2) is 18.2 Å². The molecule has 1 aromatic heterocycles. The first-order valence-electron chi connectivity index (χ1n) is 7.60. The van der Waals surface area contributed by atoms with Gasteiger partial charge >= 0.3 is 0 Å². The normalized spacial score (nSPS) is 16.3. The van der Waals surface area contributed by atoms with Gasteiger partial charge in [-0.2, -0.15) is 0 Å². The van der Waals surface area contributed by atoms with E-state index in [4.69, 9.17) is 0 Å². The Morgan fingerprint density at radius 1 is 1.24 bits per heavy atom. The molecular formula is C17H21FN2O. The number of hydrogen-bond acceptors (Lipinski definition) is 1. The van der Waals surface area contributed by atoms with Crippen molar-refractivity contribution in [2.45, 2.75) is 38.0 Å². The van der Waals surface area contributed by atoms with Crippen molar-refractivity contribution in [3.8, 4) is 0 Å². The van der Waals surface area contributed by atoms with E-state index in [1.54, 1.807) is 14.1 Å². The number of hydrogen-bond donors (Lipinski definition) is 1. The summed E-state index contributed by atoms with van der Waals surface area (Å²) in [5.74, 6) is 0.0718. The molecule has 0 aliphatic heterocycles. The van der Waals surface area contributed by atoms with Crippen LogP contribution in [0.2, 0.25) is 0 Å². The van der Waals surface area contributed by atoms with Gasteiger partial charge in [0.15, 0.2) is 0 Å². The molecule has 21 heavy (non-hydrogen) atoms. The van der Waals surface area contributed by atoms with E-state index < -0.39 is 0 Å². The molecule has 1 aliphatic rings. The number of nitrogens with one attached hydrogen (secondary N) is 1. The zero-order chi connectivity index (χ0) is 15.0. The average Bonchev–Trinajstić information content (AvgIpc) is 2.93. The lowest BCUT2D eigenvalue weighted by atomic mass is 9.83. The number of benzene rings is 1. The van der Waals surface area contributed by atoms with Crippen LogP contribution < -0.4 is 0 Å². The minimum atomic E-state index is -0.289. The van der Waals surface area contributed by atoms with Crippen molar-refractivity contribution in [3.05, 3.63) is 35.3 Å². The molecule has 2 aromatic rings. The maximum Gasteiger partial charge on any atom is 0.269 e. The quantitative estimate of drug-likeness (QED) is 0.889. The Morgan fingerprint density at radius 2 is 1.95 bits per heavy atom. The van der Waals surface area contributed by atoms with Gasteiger partial charge in [0.2, 0.25) is 0 Å². The van der Waals surface area contributed by atoms with Crippen molar-refractivity contribution < 1.29 is 9.18 Å². The van der Waals surface area contributed by atoms with Crippen LogP contribution in [0.5, 0.6) is 0 Å². The Morgan fingerprint density at radius 3 is 2.62 bits per heavy atom. The summed E-state index contributed by atoms with van der Waals surface area (Å²) in [7, 11) is 3.40. The van der Waals surface area contributed by atoms with Gasteiger partial charge in [0.1, 0.15) is 11.5 Å². The van der Waals surface area contributed by atoms with Crippen molar-refractivity contribution in [3.63, 3.8) is 0 Å². The molecular weight excluding hydrogens is 267 g/mol. The molecule has 1 aromatic carbocycles. The van der Waals surface area contributed by atoms with Crippen LogP contribution in [0.25, 0.3) is 10.9 Å². The van der Waals surface area contributed by atoms with Gasteiger partial charge in [-0.15, -0.1) is 0 Å². The number of H-pyrrole nitrogens is 1. The van der Waals surface area contributed by atoms with Crippen LogP contribution >= 0.6 is 0 Å². The number of rotatable bonds is 2. The predicted octanol–water partition coefficient (Wildman–Crippen LogP) is 4.06. The first kappa shape index (κ1) is 14.1. The highest BCUT2D eigenvalue weighted by molar-refractivity contribution is 5.98. The molecule has 1 heterocycles. The van der Waals surface area contributed by atoms with E-state index in [1.165, 1.54) is 35.8 Å². The Hall–Kier alpha value is -1.84. The fourth-order valence-corrected chi connectivity index (χ4v) is 3.33. The van der Waals surface area contributed by atoms with Crippen LogP contribution in [0.1, 0.15) is 54.1 Å². The average molecular weight is 288 g/mol. The van der Waals surface area contributed by atoms with Crippen molar-refractivity contribution in [1.29, 1.82) is 0 Å². The molecule has 4 heteroatoms. The second kappa shape index (κ2) is 5.51. The molecule has 1 fully saturated rings. The lowest BCUT2D eigenvalue weighted by Gasteiger charge is -2.22. The zero-order valence-corrected chi connectivity index (χ0v) is 12.6. The van der Waals surface area contributed by atoms with E-state index >= 15 is 0 Å². The summed E-state index contributed by atoms with van der Waals surface area (Å²) in [6.45, 7) is 0. The Bertz CT molecular complexity index is 669. The molecule has 0 bridgehead atoms. The van der Waals surface area contributed by atoms with Gasteiger partial charge in [-0.3, -0.25) is 4.79 Å². The fourth-order valence-electron chi connectivity index (χ4n) is 3.33. The highest BCUT2D eigenvalue weighted by Gasteiger charge is 2.21. The molecule has 0 atom stereocenters. The summed E-state index contributed by atoms with van der Waals surface area (Å²) in [4.78, 5) is 16.5. The molecule has 1 saturated carbocycles. The number of aromatic amines is 1. The maximum atomic E-state index is 14.1. The fraction of sp³-hybridized carbons (Fsp3) is 0.471. The number of carbonyl (C=O) groups excluding carboxylic acids is 1. The minimum absolute atomic E-state index is 0.125. The van der Waals surface area contributed by atoms with E-state index in [9.17, 15) is 9.18 Å². The molecule has 3 rings (SSSR count). The molecule has 0 spiro atoms. The zero-order valence-electron chi connectivity index (χ0n) is 12.6. The third kappa shape index (κ3) is 2.55. The molecule has 0 saturated heterocycles. The molecule has 0 unspecified atom stereocenters. The molecule has 1 aliphatic carbocycles. The number of halogens is 1. The lowest BCUT2D eigenvalue weighted by molar-refractivity contribution is 0.0823. The standard InChI is InChI=1S/C17H21FN2O/c1-20(2)17(21)15-10-13-12(11-6-4-3-5-7-11)8-9-14(18)16(13)19-15/h8-11,19H,3-7H2,1-2H3. The molecule has 1 N–H and O–H groups in total. The van der Waals surface area contributed by atoms with Gasteiger partial charge < -0.3 is 9.88 Å². The van der Waals surface area contributed by atoms with Crippen LogP contribution in [0, 0.1) is 5.82 Å². The summed E-state index contributed by atoms with van der Waals surface area (Å²) < 4.78 is 14.1. The maximum absolute atomic E-state index is 14.1. The molecule has 1 amide bonds. The highest BCUT2D eigenvalue weighted by atomic mass is 19.1. The minimum Gasteiger partial charge on any atom is -0.348 e. The third-order valence-corrected chi connectivity index (χ3v) is 4.46. The predicted molar refractivity (Wildman–Crippen MR) is 82.1 cm³/mol. The van der Waals surface area contributed by atoms with E-state index in [1.807, 2.05) is 12.1 Å². The second-order valence-corrected chi connectivity index (χ2v) is 6.14. The SMILES string of the molecule is CN(C)C(=O)c1cc2c(C3CCCCC3)ccc(F)c2[nH]1. The third-order valence-electron chi connectivity index (χ3n) is 4.46. The van der Waals surface area contributed by atoms with Crippen LogP contribution in [-0.4, -0.2) is 29.9 Å². The van der Waals surface area contributed by atoms with Gasteiger partial charge in [-0.1, -0.05) is 25.3 Å². The topological polar surface area (TPSA) is 36.1 Å². The summed E-state index contributed by atoms with van der Waals surface area (Å²) in [6.07, 6.45) is 6.07. The number of amides is 1. The van der Waals surface area contributed by atoms with Crippen LogP contribution in [-0.2, 0) is 0 Å². The summed E-state index contributed by atoms with van der Waals surface area (Å²) >= 11 is 0. The highest BCUT2D eigenvalue weighted by Crippen LogP contribution is 2.37. The summed E-state index contributed by atoms with van der Waals surface area (Å²) in [6, 6.07) is 5.22. The lowest BCUT2D eigenvalue weighted by Crippen LogP contribution is -2.21.